The normalized spacial score (nSPS) is 16.2. The van der Waals surface area contributed by atoms with Crippen LogP contribution in [0.4, 0.5) is 17.3 Å². The molecular formula is C17H21ClN6O3. The molecule has 1 amide bonds. The fourth-order valence-electron chi connectivity index (χ4n) is 3.09. The van der Waals surface area contributed by atoms with Gasteiger partial charge in [-0.25, -0.2) is 4.98 Å². The number of piperazine rings is 1. The van der Waals surface area contributed by atoms with Crippen molar-refractivity contribution in [1.29, 1.82) is 0 Å². The number of nitro groups is 1. The van der Waals surface area contributed by atoms with E-state index in [1.165, 1.54) is 18.2 Å². The standard InChI is InChI=1S/C17H21ClN6O3/c1-12(16(25)20-15-4-3-13(24(26)27)11-14(15)18)22-7-9-23(10-8-22)17-19-5-6-21(17)2/h3-6,11-12H,7-10H2,1-2H3,(H,20,25)/t12-/m1/s1. The largest absolute Gasteiger partial charge is 0.340 e. The molecule has 1 saturated heterocycles. The van der Waals surface area contributed by atoms with Gasteiger partial charge in [-0.05, 0) is 13.0 Å². The van der Waals surface area contributed by atoms with Crippen molar-refractivity contribution in [3.8, 4) is 0 Å². The smallest absolute Gasteiger partial charge is 0.271 e. The highest BCUT2D eigenvalue weighted by Crippen LogP contribution is 2.27. The van der Waals surface area contributed by atoms with E-state index in [4.69, 9.17) is 11.6 Å². The number of nitrogens with one attached hydrogen (secondary N) is 1. The maximum Gasteiger partial charge on any atom is 0.271 e. The second-order valence-corrected chi connectivity index (χ2v) is 6.85. The van der Waals surface area contributed by atoms with Gasteiger partial charge in [0, 0.05) is 57.8 Å². The van der Waals surface area contributed by atoms with Gasteiger partial charge >= 0.3 is 0 Å². The van der Waals surface area contributed by atoms with Crippen LogP contribution < -0.4 is 10.2 Å². The van der Waals surface area contributed by atoms with Crippen LogP contribution in [0.25, 0.3) is 0 Å². The number of aromatic nitrogens is 2. The lowest BCUT2D eigenvalue weighted by Gasteiger charge is -2.37. The highest BCUT2D eigenvalue weighted by Gasteiger charge is 2.27. The molecule has 9 nitrogen and oxygen atoms in total. The molecule has 0 aliphatic carbocycles. The maximum atomic E-state index is 12.6. The summed E-state index contributed by atoms with van der Waals surface area (Å²) in [5, 5.41) is 13.7. The van der Waals surface area contributed by atoms with Crippen LogP contribution in [-0.4, -0.2) is 57.5 Å². The third-order valence-electron chi connectivity index (χ3n) is 4.74. The van der Waals surface area contributed by atoms with Crippen LogP contribution in [0, 0.1) is 10.1 Å². The first-order valence-electron chi connectivity index (χ1n) is 8.58. The Balaban J connectivity index is 1.58. The molecule has 1 fully saturated rings. The van der Waals surface area contributed by atoms with Gasteiger partial charge in [-0.3, -0.25) is 19.8 Å². The molecule has 1 aromatic heterocycles. The lowest BCUT2D eigenvalue weighted by atomic mass is 10.2. The van der Waals surface area contributed by atoms with Crippen LogP contribution in [0.3, 0.4) is 0 Å². The van der Waals surface area contributed by atoms with Gasteiger partial charge in [0.05, 0.1) is 21.7 Å². The summed E-state index contributed by atoms with van der Waals surface area (Å²) in [5.74, 6) is 0.723. The summed E-state index contributed by atoms with van der Waals surface area (Å²) in [5.41, 5.74) is 0.252. The van der Waals surface area contributed by atoms with Crippen LogP contribution in [0.15, 0.2) is 30.6 Å². The molecule has 1 aliphatic heterocycles. The summed E-state index contributed by atoms with van der Waals surface area (Å²) in [6.07, 6.45) is 3.68. The number of rotatable bonds is 5. The van der Waals surface area contributed by atoms with Gasteiger partial charge in [-0.15, -0.1) is 0 Å². The van der Waals surface area contributed by atoms with E-state index in [1.54, 1.807) is 6.20 Å². The molecule has 3 rings (SSSR count). The Morgan fingerprint density at radius 3 is 2.59 bits per heavy atom. The van der Waals surface area contributed by atoms with Crippen LogP contribution >= 0.6 is 11.6 Å². The van der Waals surface area contributed by atoms with Gasteiger partial charge in [-0.2, -0.15) is 0 Å². The molecule has 2 heterocycles. The third kappa shape index (κ3) is 4.20. The van der Waals surface area contributed by atoms with Crippen molar-refractivity contribution in [3.05, 3.63) is 45.7 Å². The molecule has 0 saturated carbocycles. The predicted molar refractivity (Wildman–Crippen MR) is 103 cm³/mol. The zero-order chi connectivity index (χ0) is 19.6. The summed E-state index contributed by atoms with van der Waals surface area (Å²) in [6.45, 7) is 4.86. The minimum atomic E-state index is -0.527. The number of benzene rings is 1. The number of aryl methyl sites for hydroxylation is 1. The number of carbonyl (C=O) groups is 1. The number of nitro benzene ring substituents is 1. The van der Waals surface area contributed by atoms with E-state index in [2.05, 4.69) is 20.1 Å². The fourth-order valence-corrected chi connectivity index (χ4v) is 3.32. The number of non-ortho nitro benzene ring substituents is 1. The van der Waals surface area contributed by atoms with Crippen molar-refractivity contribution in [2.24, 2.45) is 7.05 Å². The average Bonchev–Trinajstić information content (AvgIpc) is 3.08. The van der Waals surface area contributed by atoms with Gasteiger partial charge in [0.25, 0.3) is 5.69 Å². The number of anilines is 2. The first-order chi connectivity index (χ1) is 12.9. The highest BCUT2D eigenvalue weighted by molar-refractivity contribution is 6.34. The number of amides is 1. The van der Waals surface area contributed by atoms with Crippen molar-refractivity contribution in [1.82, 2.24) is 14.5 Å². The topological polar surface area (TPSA) is 96.5 Å². The summed E-state index contributed by atoms with van der Waals surface area (Å²) in [6, 6.07) is 3.65. The lowest BCUT2D eigenvalue weighted by molar-refractivity contribution is -0.384. The molecule has 0 bridgehead atoms. The number of hydrogen-bond acceptors (Lipinski definition) is 6. The van der Waals surface area contributed by atoms with Crippen molar-refractivity contribution >= 4 is 34.8 Å². The minimum Gasteiger partial charge on any atom is -0.340 e. The van der Waals surface area contributed by atoms with Crippen molar-refractivity contribution in [2.75, 3.05) is 36.4 Å². The monoisotopic (exact) mass is 392 g/mol. The van der Waals surface area contributed by atoms with E-state index in [0.29, 0.717) is 5.69 Å². The van der Waals surface area contributed by atoms with E-state index in [-0.39, 0.29) is 22.7 Å². The number of nitrogens with zero attached hydrogens (tertiary/aromatic N) is 5. The van der Waals surface area contributed by atoms with Gasteiger partial charge in [-0.1, -0.05) is 11.6 Å². The second-order valence-electron chi connectivity index (χ2n) is 6.45. The van der Waals surface area contributed by atoms with E-state index in [1.807, 2.05) is 24.7 Å². The van der Waals surface area contributed by atoms with E-state index in [9.17, 15) is 14.9 Å². The van der Waals surface area contributed by atoms with Gasteiger partial charge < -0.3 is 14.8 Å². The molecule has 0 unspecified atom stereocenters. The summed E-state index contributed by atoms with van der Waals surface area (Å²) >= 11 is 6.05. The second kappa shape index (κ2) is 7.93. The molecule has 10 heteroatoms. The Bertz CT molecular complexity index is 847. The van der Waals surface area contributed by atoms with Crippen LogP contribution in [0.2, 0.25) is 5.02 Å². The molecule has 27 heavy (non-hydrogen) atoms. The van der Waals surface area contributed by atoms with Crippen molar-refractivity contribution < 1.29 is 9.72 Å². The van der Waals surface area contributed by atoms with Crippen LogP contribution in [0.1, 0.15) is 6.92 Å². The van der Waals surface area contributed by atoms with Crippen LogP contribution in [-0.2, 0) is 11.8 Å². The molecule has 1 aromatic carbocycles. The quantitative estimate of drug-likeness (QED) is 0.618. The molecule has 144 valence electrons. The highest BCUT2D eigenvalue weighted by atomic mass is 35.5. The first-order valence-corrected chi connectivity index (χ1v) is 8.95. The molecule has 1 atom stereocenters. The summed E-state index contributed by atoms with van der Waals surface area (Å²) < 4.78 is 1.97. The molecule has 2 aromatic rings. The van der Waals surface area contributed by atoms with E-state index >= 15 is 0 Å². The van der Waals surface area contributed by atoms with Crippen LogP contribution in [0.5, 0.6) is 0 Å². The number of carbonyl (C=O) groups excluding carboxylic acids is 1. The zero-order valence-electron chi connectivity index (χ0n) is 15.1. The third-order valence-corrected chi connectivity index (χ3v) is 5.05. The predicted octanol–water partition coefficient (Wildman–Crippen LogP) is 2.13. The molecule has 1 N–H and O–H groups in total. The zero-order valence-corrected chi connectivity index (χ0v) is 15.9. The molecular weight excluding hydrogens is 372 g/mol. The molecule has 1 aliphatic rings. The lowest BCUT2D eigenvalue weighted by Crippen LogP contribution is -2.53. The minimum absolute atomic E-state index is 0.114. The summed E-state index contributed by atoms with van der Waals surface area (Å²) in [4.78, 5) is 31.5. The van der Waals surface area contributed by atoms with Gasteiger partial charge in [0.15, 0.2) is 0 Å². The fraction of sp³-hybridized carbons (Fsp3) is 0.412. The molecule has 0 spiro atoms. The Labute approximate surface area is 161 Å². The number of imidazole rings is 1. The van der Waals surface area contributed by atoms with Gasteiger partial charge in [0.1, 0.15) is 0 Å². The number of hydrogen-bond donors (Lipinski definition) is 1. The van der Waals surface area contributed by atoms with Crippen molar-refractivity contribution in [2.45, 2.75) is 13.0 Å². The van der Waals surface area contributed by atoms with E-state index in [0.717, 1.165) is 32.1 Å². The van der Waals surface area contributed by atoms with Crippen molar-refractivity contribution in [3.63, 3.8) is 0 Å². The van der Waals surface area contributed by atoms with E-state index < -0.39 is 4.92 Å². The van der Waals surface area contributed by atoms with Gasteiger partial charge in [0.2, 0.25) is 11.9 Å². The maximum absolute atomic E-state index is 12.6. The molecule has 0 radical (unpaired) electrons. The first kappa shape index (κ1) is 19.1. The Morgan fingerprint density at radius 2 is 2.04 bits per heavy atom. The average molecular weight is 393 g/mol. The summed E-state index contributed by atoms with van der Waals surface area (Å²) in [7, 11) is 1.96. The Kier molecular flexibility index (Phi) is 5.62. The Morgan fingerprint density at radius 1 is 1.33 bits per heavy atom. The number of halogens is 1. The SMILES string of the molecule is C[C@H](C(=O)Nc1ccc([N+](=O)[O-])cc1Cl)N1CCN(c2nccn2C)CC1. The Hall–Kier alpha value is -2.65.